The van der Waals surface area contributed by atoms with Gasteiger partial charge in [0.2, 0.25) is 0 Å². The maximum atomic E-state index is 7.15. The van der Waals surface area contributed by atoms with Gasteiger partial charge in [-0.3, -0.25) is 0 Å². The van der Waals surface area contributed by atoms with Gasteiger partial charge in [0.15, 0.2) is 0 Å². The highest BCUT2D eigenvalue weighted by molar-refractivity contribution is 6.05. The average molecular weight is 134 g/mol. The van der Waals surface area contributed by atoms with Gasteiger partial charge in [0, 0.05) is 16.4 Å². The molecule has 0 saturated heterocycles. The predicted molar refractivity (Wildman–Crippen MR) is 43.4 cm³/mol. The van der Waals surface area contributed by atoms with Crippen LogP contribution in [0.15, 0.2) is 12.1 Å². The molecule has 0 bridgehead atoms. The molecule has 1 aromatic rings. The molecule has 0 aromatic carbocycles. The first-order valence-corrected chi connectivity index (χ1v) is 3.09. The molecule has 0 aliphatic heterocycles. The summed E-state index contributed by atoms with van der Waals surface area (Å²) in [4.78, 5) is 3.00. The Kier molecular flexibility index (Phi) is 1.71. The third-order valence-corrected chi connectivity index (χ3v) is 1.14. The molecule has 0 fully saturated rings. The van der Waals surface area contributed by atoms with E-state index in [4.69, 9.17) is 5.41 Å². The van der Waals surface area contributed by atoms with E-state index in [-0.39, 0.29) is 0 Å². The van der Waals surface area contributed by atoms with E-state index in [0.29, 0.717) is 5.71 Å². The number of hydrogen-bond acceptors (Lipinski definition) is 1. The van der Waals surface area contributed by atoms with Crippen molar-refractivity contribution in [3.63, 3.8) is 0 Å². The zero-order valence-electron chi connectivity index (χ0n) is 5.94. The summed E-state index contributed by atoms with van der Waals surface area (Å²) in [6, 6.07) is 3.79. The summed E-state index contributed by atoms with van der Waals surface area (Å²) in [5.41, 5.74) is 0.543. The molecule has 0 aliphatic carbocycles. The molecule has 0 atom stereocenters. The maximum Gasteiger partial charge on any atom is 0.0402 e. The van der Waals surface area contributed by atoms with E-state index in [9.17, 15) is 0 Å². The molecule has 52 valence electrons. The first-order valence-electron chi connectivity index (χ1n) is 3.09. The first kappa shape index (κ1) is 6.81. The summed E-state index contributed by atoms with van der Waals surface area (Å²) in [6.07, 6.45) is 1.76. The van der Waals surface area contributed by atoms with Crippen LogP contribution in [0.25, 0.3) is 12.7 Å². The van der Waals surface area contributed by atoms with E-state index in [1.807, 2.05) is 12.1 Å². The van der Waals surface area contributed by atoms with E-state index < -0.39 is 0 Å². The summed E-state index contributed by atoms with van der Waals surface area (Å²) in [6.45, 7) is 5.44. The second-order valence-electron chi connectivity index (χ2n) is 2.27. The topological polar surface area (TPSA) is 39.6 Å². The third kappa shape index (κ3) is 1.58. The van der Waals surface area contributed by atoms with Crippen LogP contribution >= 0.6 is 0 Å². The van der Waals surface area contributed by atoms with Gasteiger partial charge in [0.1, 0.15) is 0 Å². The minimum atomic E-state index is 0.543. The van der Waals surface area contributed by atoms with Crippen molar-refractivity contribution in [1.82, 2.24) is 4.98 Å². The zero-order valence-corrected chi connectivity index (χ0v) is 5.94. The third-order valence-electron chi connectivity index (χ3n) is 1.14. The van der Waals surface area contributed by atoms with Gasteiger partial charge in [-0.1, -0.05) is 6.58 Å². The van der Waals surface area contributed by atoms with Gasteiger partial charge >= 0.3 is 0 Å². The molecule has 0 saturated carbocycles. The van der Waals surface area contributed by atoms with Crippen LogP contribution in [0.4, 0.5) is 0 Å². The molecule has 1 aromatic heterocycles. The molecule has 0 spiro atoms. The number of aromatic nitrogens is 1. The molecule has 10 heavy (non-hydrogen) atoms. The van der Waals surface area contributed by atoms with Crippen LogP contribution in [-0.4, -0.2) is 10.7 Å². The highest BCUT2D eigenvalue weighted by Crippen LogP contribution is 1.69. The summed E-state index contributed by atoms with van der Waals surface area (Å²) < 4.78 is 0. The lowest BCUT2D eigenvalue weighted by molar-refractivity contribution is 1.28. The molecule has 0 aliphatic rings. The lowest BCUT2D eigenvalue weighted by atomic mass is 10.4. The van der Waals surface area contributed by atoms with Crippen molar-refractivity contribution in [1.29, 1.82) is 5.41 Å². The quantitative estimate of drug-likeness (QED) is 0.517. The Morgan fingerprint density at radius 1 is 1.70 bits per heavy atom. The largest absolute Gasteiger partial charge is 0.356 e. The van der Waals surface area contributed by atoms with Crippen molar-refractivity contribution < 1.29 is 0 Å². The molecule has 1 heterocycles. The first-order chi connectivity index (χ1) is 4.68. The van der Waals surface area contributed by atoms with E-state index >= 15 is 0 Å². The summed E-state index contributed by atoms with van der Waals surface area (Å²) >= 11 is 0. The highest BCUT2D eigenvalue weighted by atomic mass is 14.7. The van der Waals surface area contributed by atoms with E-state index in [1.54, 1.807) is 13.0 Å². The van der Waals surface area contributed by atoms with Gasteiger partial charge < -0.3 is 10.4 Å². The average Bonchev–Trinajstić information content (AvgIpc) is 2.13. The second kappa shape index (κ2) is 2.52. The molecule has 0 amide bonds. The monoisotopic (exact) mass is 134 g/mol. The van der Waals surface area contributed by atoms with Crippen molar-refractivity contribution in [2.45, 2.75) is 6.92 Å². The molecular formula is C8H10N2. The summed E-state index contributed by atoms with van der Waals surface area (Å²) in [5.74, 6) is 0. The standard InChI is InChI=1S/C8H10N2/c1-6(9)5-8-4-3-7(2)10-8/h3-5,9-10H,2H2,1H3/b8-5-,9-6?. The fraction of sp³-hybridized carbons (Fsp3) is 0.125. The smallest absolute Gasteiger partial charge is 0.0402 e. The minimum Gasteiger partial charge on any atom is -0.356 e. The van der Waals surface area contributed by atoms with E-state index in [2.05, 4.69) is 11.6 Å². The van der Waals surface area contributed by atoms with Gasteiger partial charge in [0.05, 0.1) is 0 Å². The van der Waals surface area contributed by atoms with Crippen LogP contribution in [0.3, 0.4) is 0 Å². The van der Waals surface area contributed by atoms with Crippen LogP contribution in [-0.2, 0) is 0 Å². The minimum absolute atomic E-state index is 0.543. The Hall–Kier alpha value is -1.31. The lowest BCUT2D eigenvalue weighted by Gasteiger charge is -1.78. The van der Waals surface area contributed by atoms with Crippen molar-refractivity contribution in [2.75, 3.05) is 0 Å². The highest BCUT2D eigenvalue weighted by Gasteiger charge is 1.80. The van der Waals surface area contributed by atoms with Crippen LogP contribution in [0.2, 0.25) is 0 Å². The predicted octanol–water partition coefficient (Wildman–Crippen LogP) is 0.245. The molecule has 2 nitrogen and oxygen atoms in total. The molecule has 0 unspecified atom stereocenters. The molecule has 0 radical (unpaired) electrons. The molecular weight excluding hydrogens is 124 g/mol. The van der Waals surface area contributed by atoms with Crippen LogP contribution in [0.1, 0.15) is 6.92 Å². The number of nitrogens with one attached hydrogen (secondary N) is 2. The van der Waals surface area contributed by atoms with Gasteiger partial charge in [-0.05, 0) is 25.1 Å². The Balaban J connectivity index is 3.18. The number of hydrogen-bond donors (Lipinski definition) is 2. The van der Waals surface area contributed by atoms with E-state index in [1.165, 1.54) is 0 Å². The van der Waals surface area contributed by atoms with Crippen LogP contribution in [0.5, 0.6) is 0 Å². The Morgan fingerprint density at radius 2 is 2.40 bits per heavy atom. The summed E-state index contributed by atoms with van der Waals surface area (Å²) in [7, 11) is 0. The van der Waals surface area contributed by atoms with Gasteiger partial charge in [0.25, 0.3) is 0 Å². The van der Waals surface area contributed by atoms with Crippen molar-refractivity contribution in [3.05, 3.63) is 22.8 Å². The maximum absolute atomic E-state index is 7.15. The normalized spacial score (nSPS) is 11.9. The van der Waals surface area contributed by atoms with Crippen molar-refractivity contribution in [3.8, 4) is 0 Å². The molecule has 2 N–H and O–H groups in total. The van der Waals surface area contributed by atoms with Gasteiger partial charge in [-0.25, -0.2) is 0 Å². The SMILES string of the molecule is C=c1cc/c(=C/C(C)=N)[nH]1. The fourth-order valence-electron chi connectivity index (χ4n) is 0.777. The van der Waals surface area contributed by atoms with Crippen molar-refractivity contribution in [2.24, 2.45) is 0 Å². The van der Waals surface area contributed by atoms with Crippen molar-refractivity contribution >= 4 is 18.4 Å². The van der Waals surface area contributed by atoms with Crippen LogP contribution < -0.4 is 10.7 Å². The Morgan fingerprint density at radius 3 is 2.80 bits per heavy atom. The number of aromatic amines is 1. The summed E-state index contributed by atoms with van der Waals surface area (Å²) in [5, 5.41) is 8.97. The van der Waals surface area contributed by atoms with Gasteiger partial charge in [-0.15, -0.1) is 0 Å². The fourth-order valence-corrected chi connectivity index (χ4v) is 0.777. The molecule has 2 heteroatoms. The zero-order chi connectivity index (χ0) is 7.56. The number of H-pyrrole nitrogens is 1. The van der Waals surface area contributed by atoms with E-state index in [0.717, 1.165) is 10.7 Å². The van der Waals surface area contributed by atoms with Gasteiger partial charge in [-0.2, -0.15) is 0 Å². The second-order valence-corrected chi connectivity index (χ2v) is 2.27. The Labute approximate surface area is 59.4 Å². The van der Waals surface area contributed by atoms with Crippen LogP contribution in [0, 0.1) is 5.41 Å². The molecule has 1 rings (SSSR count). The lowest BCUT2D eigenvalue weighted by Crippen LogP contribution is -2.08. The number of rotatable bonds is 1. The Bertz CT molecular complexity index is 332.